The second-order valence-corrected chi connectivity index (χ2v) is 16.7. The number of ether oxygens (including phenoxy) is 6. The lowest BCUT2D eigenvalue weighted by molar-refractivity contribution is 0.233. The Hall–Kier alpha value is -5.04. The van der Waals surface area contributed by atoms with Crippen LogP contribution in [0.4, 0.5) is 11.4 Å². The van der Waals surface area contributed by atoms with Crippen LogP contribution in [0.2, 0.25) is 0 Å². The van der Waals surface area contributed by atoms with Gasteiger partial charge in [-0.3, -0.25) is 19.1 Å². The molecule has 0 bridgehead atoms. The maximum Gasteiger partial charge on any atom is 0.261 e. The smallest absolute Gasteiger partial charge is 0.261 e. The minimum atomic E-state index is -3.67. The van der Waals surface area contributed by atoms with E-state index in [2.05, 4.69) is 34.1 Å². The van der Waals surface area contributed by atoms with Crippen LogP contribution in [0.1, 0.15) is 25.7 Å². The maximum absolute atomic E-state index is 9.19. The molecular formula is C40H54N4O12S2. The van der Waals surface area contributed by atoms with Crippen LogP contribution in [-0.2, 0) is 20.2 Å². The van der Waals surface area contributed by atoms with Crippen molar-refractivity contribution in [2.45, 2.75) is 25.7 Å². The average Bonchev–Trinajstić information content (AvgIpc) is 3.21. The van der Waals surface area contributed by atoms with E-state index in [0.717, 1.165) is 60.5 Å². The predicted molar refractivity (Wildman–Crippen MR) is 223 cm³/mol. The summed E-state index contributed by atoms with van der Waals surface area (Å²) in [6, 6.07) is 16.2. The number of nitrogens with zero attached hydrogens (tertiary/aromatic N) is 4. The minimum Gasteiger partial charge on any atom is -0.493 e. The molecule has 2 fully saturated rings. The van der Waals surface area contributed by atoms with Gasteiger partial charge in [0.15, 0.2) is 23.0 Å². The van der Waals surface area contributed by atoms with Crippen LogP contribution in [0.3, 0.4) is 0 Å². The first-order valence-corrected chi connectivity index (χ1v) is 22.1. The highest BCUT2D eigenvalue weighted by Crippen LogP contribution is 2.43. The zero-order chi connectivity index (χ0) is 42.6. The lowest BCUT2D eigenvalue weighted by Gasteiger charge is -2.41. The standard InChI is InChI=1S/C38H46N4O6.2CH4O3S/c1-43-33-19-27(20-34(44-2)37(33)47-5)31-9-7-29(23-39-31)41-15-11-25(12-16-41)26-13-17-42(18-14-26)30-8-10-32(40-24-30)28-21-35(45-3)38(48-6)36(22-28)46-4;2*1-5(2,3)4/h7-10,19-26H,11-18H2,1-6H3;2*1H3,(H,2,3,4). The molecular weight excluding hydrogens is 793 g/mol. The molecule has 58 heavy (non-hydrogen) atoms. The highest BCUT2D eigenvalue weighted by molar-refractivity contribution is 7.85. The van der Waals surface area contributed by atoms with E-state index >= 15 is 0 Å². The Morgan fingerprint density at radius 1 is 0.517 bits per heavy atom. The second kappa shape index (κ2) is 20.6. The van der Waals surface area contributed by atoms with Crippen LogP contribution in [-0.4, -0.2) is 117 Å². The van der Waals surface area contributed by atoms with E-state index in [0.29, 0.717) is 47.0 Å². The fourth-order valence-electron chi connectivity index (χ4n) is 7.20. The van der Waals surface area contributed by atoms with Crippen molar-refractivity contribution in [1.82, 2.24) is 9.97 Å². The molecule has 18 heteroatoms. The van der Waals surface area contributed by atoms with Gasteiger partial charge in [0.2, 0.25) is 11.5 Å². The monoisotopic (exact) mass is 846 g/mol. The van der Waals surface area contributed by atoms with Gasteiger partial charge in [-0.2, -0.15) is 16.8 Å². The number of hydrogen-bond donors (Lipinski definition) is 2. The van der Waals surface area contributed by atoms with Crippen molar-refractivity contribution in [2.24, 2.45) is 11.8 Å². The van der Waals surface area contributed by atoms with E-state index in [-0.39, 0.29) is 0 Å². The van der Waals surface area contributed by atoms with Crippen molar-refractivity contribution in [3.63, 3.8) is 0 Å². The Kier molecular flexibility index (Phi) is 16.2. The zero-order valence-electron chi connectivity index (χ0n) is 34.2. The molecule has 0 atom stereocenters. The van der Waals surface area contributed by atoms with Gasteiger partial charge in [-0.15, -0.1) is 0 Å². The molecule has 0 aliphatic carbocycles. The number of benzene rings is 2. The molecule has 318 valence electrons. The van der Waals surface area contributed by atoms with Gasteiger partial charge >= 0.3 is 0 Å². The lowest BCUT2D eigenvalue weighted by atomic mass is 9.78. The van der Waals surface area contributed by atoms with Crippen molar-refractivity contribution < 1.29 is 54.4 Å². The fraction of sp³-hybridized carbons (Fsp3) is 0.450. The summed E-state index contributed by atoms with van der Waals surface area (Å²) in [5, 5.41) is 0. The van der Waals surface area contributed by atoms with Gasteiger partial charge in [-0.1, -0.05) is 0 Å². The van der Waals surface area contributed by atoms with Gasteiger partial charge in [-0.25, -0.2) is 0 Å². The summed E-state index contributed by atoms with van der Waals surface area (Å²) < 4.78 is 84.8. The number of pyridine rings is 2. The number of anilines is 2. The molecule has 2 aliphatic rings. The van der Waals surface area contributed by atoms with Gasteiger partial charge < -0.3 is 38.2 Å². The van der Waals surface area contributed by atoms with Crippen LogP contribution >= 0.6 is 0 Å². The molecule has 2 aliphatic heterocycles. The van der Waals surface area contributed by atoms with E-state index in [9.17, 15) is 16.8 Å². The third kappa shape index (κ3) is 13.0. The number of methoxy groups -OCH3 is 6. The van der Waals surface area contributed by atoms with Crippen LogP contribution in [0.15, 0.2) is 60.9 Å². The minimum absolute atomic E-state index is 0.577. The van der Waals surface area contributed by atoms with Gasteiger partial charge in [0.05, 0.1) is 90.3 Å². The topological polar surface area (TPSA) is 196 Å². The van der Waals surface area contributed by atoms with Gasteiger partial charge in [-0.05, 0) is 86.1 Å². The molecule has 2 saturated heterocycles. The molecule has 2 N–H and O–H groups in total. The van der Waals surface area contributed by atoms with E-state index in [1.54, 1.807) is 42.7 Å². The quantitative estimate of drug-likeness (QED) is 0.167. The van der Waals surface area contributed by atoms with Crippen LogP contribution in [0, 0.1) is 11.8 Å². The first kappa shape index (κ1) is 45.7. The van der Waals surface area contributed by atoms with Crippen LogP contribution < -0.4 is 38.2 Å². The van der Waals surface area contributed by atoms with E-state index in [4.69, 9.17) is 47.5 Å². The summed E-state index contributed by atoms with van der Waals surface area (Å²) in [6.45, 7) is 4.23. The molecule has 16 nitrogen and oxygen atoms in total. The summed E-state index contributed by atoms with van der Waals surface area (Å²) in [4.78, 5) is 14.5. The summed E-state index contributed by atoms with van der Waals surface area (Å²) in [7, 11) is 2.39. The SMILES string of the molecule is COc1cc(-c2ccc(N3CCC(C4CCN(c5ccc(-c6cc(OC)c(OC)c(OC)c6)nc5)CC4)CC3)cn2)cc(OC)c1OC.CS(=O)(=O)O.CS(=O)(=O)O. The fourth-order valence-corrected chi connectivity index (χ4v) is 7.20. The molecule has 2 aromatic heterocycles. The van der Waals surface area contributed by atoms with E-state index < -0.39 is 20.2 Å². The Morgan fingerprint density at radius 2 is 0.793 bits per heavy atom. The van der Waals surface area contributed by atoms with Crippen LogP contribution in [0.25, 0.3) is 22.5 Å². The molecule has 0 radical (unpaired) electrons. The number of piperidine rings is 2. The molecule has 0 saturated carbocycles. The summed E-state index contributed by atoms with van der Waals surface area (Å²) in [6.07, 6.45) is 10.2. The maximum atomic E-state index is 9.19. The molecule has 4 heterocycles. The van der Waals surface area contributed by atoms with Crippen molar-refractivity contribution in [2.75, 3.05) is 91.1 Å². The van der Waals surface area contributed by atoms with Crippen molar-refractivity contribution in [3.05, 3.63) is 60.9 Å². The second-order valence-electron chi connectivity index (χ2n) is 13.7. The average molecular weight is 847 g/mol. The van der Waals surface area contributed by atoms with Gasteiger partial charge in [0.1, 0.15) is 0 Å². The highest BCUT2D eigenvalue weighted by atomic mass is 32.2. The Bertz CT molecular complexity index is 1930. The molecule has 0 amide bonds. The molecule has 4 aromatic rings. The Labute approximate surface area is 341 Å². The predicted octanol–water partition coefficient (Wildman–Crippen LogP) is 6.00. The summed E-state index contributed by atoms with van der Waals surface area (Å²) in [5.74, 6) is 5.15. The molecule has 2 aromatic carbocycles. The van der Waals surface area contributed by atoms with Crippen molar-refractivity contribution >= 4 is 31.6 Å². The van der Waals surface area contributed by atoms with E-state index in [1.807, 2.05) is 36.7 Å². The summed E-state index contributed by atoms with van der Waals surface area (Å²) in [5.41, 5.74) is 5.91. The van der Waals surface area contributed by atoms with Gasteiger partial charge in [0, 0.05) is 37.3 Å². The first-order valence-electron chi connectivity index (χ1n) is 18.4. The van der Waals surface area contributed by atoms with Crippen LogP contribution in [0.5, 0.6) is 34.5 Å². The van der Waals surface area contributed by atoms with Crippen molar-refractivity contribution in [1.29, 1.82) is 0 Å². The third-order valence-electron chi connectivity index (χ3n) is 9.89. The third-order valence-corrected chi connectivity index (χ3v) is 9.89. The van der Waals surface area contributed by atoms with Crippen molar-refractivity contribution in [3.8, 4) is 57.0 Å². The summed E-state index contributed by atoms with van der Waals surface area (Å²) >= 11 is 0. The largest absolute Gasteiger partial charge is 0.493 e. The number of rotatable bonds is 11. The molecule has 0 unspecified atom stereocenters. The van der Waals surface area contributed by atoms with Gasteiger partial charge in [0.25, 0.3) is 20.2 Å². The first-order chi connectivity index (χ1) is 27.5. The molecule has 0 spiro atoms. The van der Waals surface area contributed by atoms with E-state index in [1.165, 1.54) is 37.1 Å². The number of hydrogen-bond acceptors (Lipinski definition) is 14. The Balaban J connectivity index is 0.000000665. The Morgan fingerprint density at radius 3 is 1.00 bits per heavy atom. The lowest BCUT2D eigenvalue weighted by Crippen LogP contribution is -2.41. The molecule has 6 rings (SSSR count). The highest BCUT2D eigenvalue weighted by Gasteiger charge is 2.30. The normalized spacial score (nSPS) is 14.9. The zero-order valence-corrected chi connectivity index (χ0v) is 35.8. The number of aromatic nitrogens is 2.